The molecule has 5 nitrogen and oxygen atoms in total. The van der Waals surface area contributed by atoms with Gasteiger partial charge in [-0.2, -0.15) is 0 Å². The molecule has 0 aromatic heterocycles. The Labute approximate surface area is 98.0 Å². The molecule has 0 spiro atoms. The van der Waals surface area contributed by atoms with Crippen LogP contribution in [0, 0.1) is 0 Å². The van der Waals surface area contributed by atoms with Crippen LogP contribution in [-0.2, 0) is 20.4 Å². The standard InChI is InChI=1S/C10H18N2O3S/c1-4-10(2)9(14)12(5-6-16(3)15)7-8(13)11-10/h4-7H2,1-3H3,(H,11,13). The summed E-state index contributed by atoms with van der Waals surface area (Å²) in [5.41, 5.74) is -0.801. The summed E-state index contributed by atoms with van der Waals surface area (Å²) in [6.07, 6.45) is 2.15. The zero-order chi connectivity index (χ0) is 12.3. The van der Waals surface area contributed by atoms with E-state index in [4.69, 9.17) is 0 Å². The molecule has 6 heteroatoms. The monoisotopic (exact) mass is 246 g/mol. The summed E-state index contributed by atoms with van der Waals surface area (Å²) in [5, 5.41) is 2.70. The van der Waals surface area contributed by atoms with Crippen molar-refractivity contribution in [2.24, 2.45) is 0 Å². The van der Waals surface area contributed by atoms with Crippen LogP contribution in [0.1, 0.15) is 20.3 Å². The fourth-order valence-electron chi connectivity index (χ4n) is 1.65. The molecule has 0 aliphatic carbocycles. The Balaban J connectivity index is 2.73. The van der Waals surface area contributed by atoms with E-state index in [1.165, 1.54) is 4.90 Å². The Morgan fingerprint density at radius 1 is 1.50 bits per heavy atom. The molecule has 0 radical (unpaired) electrons. The topological polar surface area (TPSA) is 66.5 Å². The third kappa shape index (κ3) is 2.81. The van der Waals surface area contributed by atoms with Crippen LogP contribution in [0.4, 0.5) is 0 Å². The van der Waals surface area contributed by atoms with Crippen LogP contribution in [0.3, 0.4) is 0 Å². The van der Waals surface area contributed by atoms with Gasteiger partial charge in [0.1, 0.15) is 5.54 Å². The van der Waals surface area contributed by atoms with Crippen LogP contribution in [0.15, 0.2) is 0 Å². The van der Waals surface area contributed by atoms with Crippen LogP contribution < -0.4 is 5.32 Å². The molecule has 2 unspecified atom stereocenters. The zero-order valence-corrected chi connectivity index (χ0v) is 10.7. The normalized spacial score (nSPS) is 27.8. The van der Waals surface area contributed by atoms with E-state index in [0.717, 1.165) is 0 Å². The average molecular weight is 246 g/mol. The van der Waals surface area contributed by atoms with E-state index in [1.807, 2.05) is 6.92 Å². The highest BCUT2D eigenvalue weighted by Gasteiger charge is 2.41. The second-order valence-corrected chi connectivity index (χ2v) is 5.79. The summed E-state index contributed by atoms with van der Waals surface area (Å²) < 4.78 is 11.0. The van der Waals surface area contributed by atoms with Crippen molar-refractivity contribution in [3.05, 3.63) is 0 Å². The van der Waals surface area contributed by atoms with Gasteiger partial charge in [0.2, 0.25) is 11.8 Å². The van der Waals surface area contributed by atoms with Crippen LogP contribution in [0.25, 0.3) is 0 Å². The molecule has 1 saturated heterocycles. The average Bonchev–Trinajstić information content (AvgIpc) is 2.21. The van der Waals surface area contributed by atoms with Crippen LogP contribution in [0.2, 0.25) is 0 Å². The predicted octanol–water partition coefficient (Wildman–Crippen LogP) is -0.508. The highest BCUT2D eigenvalue weighted by molar-refractivity contribution is 7.84. The van der Waals surface area contributed by atoms with E-state index >= 15 is 0 Å². The first-order chi connectivity index (χ1) is 7.39. The Morgan fingerprint density at radius 3 is 2.62 bits per heavy atom. The van der Waals surface area contributed by atoms with Gasteiger partial charge in [0.25, 0.3) is 0 Å². The summed E-state index contributed by atoms with van der Waals surface area (Å²) in [6.45, 7) is 4.04. The molecule has 0 aromatic rings. The van der Waals surface area contributed by atoms with E-state index < -0.39 is 16.3 Å². The lowest BCUT2D eigenvalue weighted by Gasteiger charge is -2.39. The number of carbonyl (C=O) groups excluding carboxylic acids is 2. The maximum absolute atomic E-state index is 12.0. The summed E-state index contributed by atoms with van der Waals surface area (Å²) >= 11 is 0. The summed E-state index contributed by atoms with van der Waals surface area (Å²) in [6, 6.07) is 0. The van der Waals surface area contributed by atoms with E-state index in [9.17, 15) is 13.8 Å². The van der Waals surface area contributed by atoms with E-state index in [1.54, 1.807) is 13.2 Å². The minimum Gasteiger partial charge on any atom is -0.340 e. The van der Waals surface area contributed by atoms with Crippen LogP contribution in [0.5, 0.6) is 0 Å². The third-order valence-corrected chi connectivity index (χ3v) is 3.62. The highest BCUT2D eigenvalue weighted by atomic mass is 32.2. The van der Waals surface area contributed by atoms with Crippen molar-refractivity contribution >= 4 is 22.6 Å². The van der Waals surface area contributed by atoms with Gasteiger partial charge in [0.05, 0.1) is 6.54 Å². The molecule has 1 aliphatic rings. The SMILES string of the molecule is CCC1(C)NC(=O)CN(CCS(C)=O)C1=O. The molecule has 2 atom stereocenters. The van der Waals surface area contributed by atoms with Crippen molar-refractivity contribution in [2.45, 2.75) is 25.8 Å². The van der Waals surface area contributed by atoms with Crippen molar-refractivity contribution < 1.29 is 13.8 Å². The van der Waals surface area contributed by atoms with Crippen LogP contribution >= 0.6 is 0 Å². The Hall–Kier alpha value is -0.910. The molecule has 0 aromatic carbocycles. The lowest BCUT2D eigenvalue weighted by atomic mass is 9.94. The van der Waals surface area contributed by atoms with Gasteiger partial charge in [0.15, 0.2) is 0 Å². The minimum atomic E-state index is -0.946. The number of nitrogens with zero attached hydrogens (tertiary/aromatic N) is 1. The second kappa shape index (κ2) is 4.95. The number of rotatable bonds is 4. The first-order valence-corrected chi connectivity index (χ1v) is 7.02. The van der Waals surface area contributed by atoms with Crippen LogP contribution in [-0.4, -0.2) is 51.6 Å². The Bertz CT molecular complexity index is 332. The zero-order valence-electron chi connectivity index (χ0n) is 9.91. The largest absolute Gasteiger partial charge is 0.340 e. The number of carbonyl (C=O) groups is 2. The Kier molecular flexibility index (Phi) is 4.07. The lowest BCUT2D eigenvalue weighted by molar-refractivity contribution is -0.149. The minimum absolute atomic E-state index is 0.0750. The van der Waals surface area contributed by atoms with E-state index in [-0.39, 0.29) is 18.4 Å². The molecular weight excluding hydrogens is 228 g/mol. The van der Waals surface area contributed by atoms with Gasteiger partial charge in [-0.1, -0.05) is 6.92 Å². The van der Waals surface area contributed by atoms with Crippen molar-refractivity contribution in [2.75, 3.05) is 25.1 Å². The molecule has 1 fully saturated rings. The number of hydrogen-bond donors (Lipinski definition) is 1. The number of piperazine rings is 1. The van der Waals surface area contributed by atoms with Crippen molar-refractivity contribution in [3.63, 3.8) is 0 Å². The molecule has 16 heavy (non-hydrogen) atoms. The summed E-state index contributed by atoms with van der Waals surface area (Å²) in [7, 11) is -0.946. The fraction of sp³-hybridized carbons (Fsp3) is 0.800. The van der Waals surface area contributed by atoms with Gasteiger partial charge in [-0.3, -0.25) is 13.8 Å². The second-order valence-electron chi connectivity index (χ2n) is 4.24. The smallest absolute Gasteiger partial charge is 0.248 e. The molecule has 1 rings (SSSR count). The van der Waals surface area contributed by atoms with Crippen molar-refractivity contribution in [3.8, 4) is 0 Å². The first-order valence-electron chi connectivity index (χ1n) is 5.29. The van der Waals surface area contributed by atoms with Gasteiger partial charge >= 0.3 is 0 Å². The molecule has 0 bridgehead atoms. The third-order valence-electron chi connectivity index (χ3n) is 2.86. The van der Waals surface area contributed by atoms with E-state index in [0.29, 0.717) is 18.7 Å². The van der Waals surface area contributed by atoms with Crippen molar-refractivity contribution in [1.29, 1.82) is 0 Å². The number of hydrogen-bond acceptors (Lipinski definition) is 3. The molecule has 1 heterocycles. The van der Waals surface area contributed by atoms with Crippen molar-refractivity contribution in [1.82, 2.24) is 10.2 Å². The molecule has 92 valence electrons. The summed E-state index contributed by atoms with van der Waals surface area (Å²) in [5.74, 6) is 0.185. The first kappa shape index (κ1) is 13.2. The van der Waals surface area contributed by atoms with Gasteiger partial charge in [-0.15, -0.1) is 0 Å². The van der Waals surface area contributed by atoms with Gasteiger partial charge < -0.3 is 10.2 Å². The Morgan fingerprint density at radius 2 is 2.12 bits per heavy atom. The molecule has 1 N–H and O–H groups in total. The maximum Gasteiger partial charge on any atom is 0.248 e. The lowest BCUT2D eigenvalue weighted by Crippen LogP contribution is -2.65. The highest BCUT2D eigenvalue weighted by Crippen LogP contribution is 2.17. The quantitative estimate of drug-likeness (QED) is 0.726. The van der Waals surface area contributed by atoms with Gasteiger partial charge in [0, 0.05) is 29.4 Å². The van der Waals surface area contributed by atoms with Gasteiger partial charge in [-0.25, -0.2) is 0 Å². The maximum atomic E-state index is 12.0. The van der Waals surface area contributed by atoms with Gasteiger partial charge in [-0.05, 0) is 13.3 Å². The number of amides is 2. The molecule has 2 amide bonds. The molecular formula is C10H18N2O3S. The number of nitrogens with one attached hydrogen (secondary N) is 1. The van der Waals surface area contributed by atoms with E-state index in [2.05, 4.69) is 5.32 Å². The predicted molar refractivity (Wildman–Crippen MR) is 62.4 cm³/mol. The molecule has 1 aliphatic heterocycles. The molecule has 0 saturated carbocycles. The summed E-state index contributed by atoms with van der Waals surface area (Å²) in [4.78, 5) is 25.0. The fourth-order valence-corrected chi connectivity index (χ4v) is 2.13.